The van der Waals surface area contributed by atoms with E-state index in [1.54, 1.807) is 0 Å². The molecule has 3 nitrogen and oxygen atoms in total. The maximum Gasteiger partial charge on any atom is 0.0917 e. The van der Waals surface area contributed by atoms with Gasteiger partial charge in [0, 0.05) is 25.3 Å². The third kappa shape index (κ3) is 2.38. The van der Waals surface area contributed by atoms with E-state index >= 15 is 0 Å². The molecule has 3 heteroatoms. The summed E-state index contributed by atoms with van der Waals surface area (Å²) in [6.07, 6.45) is 3.76. The molecular formula is C15H22N2O. The van der Waals surface area contributed by atoms with Crippen molar-refractivity contribution in [3.05, 3.63) is 29.8 Å². The average Bonchev–Trinajstić information content (AvgIpc) is 2.89. The van der Waals surface area contributed by atoms with Crippen LogP contribution in [0.4, 0.5) is 5.69 Å². The van der Waals surface area contributed by atoms with E-state index in [9.17, 15) is 5.11 Å². The first-order valence-electron chi connectivity index (χ1n) is 6.98. The fraction of sp³-hybridized carbons (Fsp3) is 0.600. The van der Waals surface area contributed by atoms with Crippen molar-refractivity contribution in [3.63, 3.8) is 0 Å². The number of β-amino-alcohol motifs (C(OH)–C–C–N with tert-alkyl or cyclic N) is 1. The van der Waals surface area contributed by atoms with E-state index in [0.29, 0.717) is 0 Å². The molecule has 3 N–H and O–H groups in total. The van der Waals surface area contributed by atoms with E-state index in [0.717, 1.165) is 29.6 Å². The lowest BCUT2D eigenvalue weighted by Crippen LogP contribution is -2.27. The summed E-state index contributed by atoms with van der Waals surface area (Å²) in [6, 6.07) is 7.60. The molecule has 1 aromatic rings. The van der Waals surface area contributed by atoms with Crippen molar-refractivity contribution in [3.8, 4) is 0 Å². The van der Waals surface area contributed by atoms with Gasteiger partial charge in [0.25, 0.3) is 0 Å². The molecule has 3 atom stereocenters. The third-order valence-electron chi connectivity index (χ3n) is 4.53. The number of likely N-dealkylation sites (tertiary alicyclic amines) is 1. The van der Waals surface area contributed by atoms with Gasteiger partial charge in [0.15, 0.2) is 0 Å². The fourth-order valence-corrected chi connectivity index (χ4v) is 3.60. The van der Waals surface area contributed by atoms with Crippen LogP contribution in [-0.4, -0.2) is 29.6 Å². The predicted molar refractivity (Wildman–Crippen MR) is 73.1 cm³/mol. The van der Waals surface area contributed by atoms with Crippen molar-refractivity contribution in [2.75, 3.05) is 25.4 Å². The number of hydrogen-bond donors (Lipinski definition) is 2. The Hall–Kier alpha value is -1.06. The van der Waals surface area contributed by atoms with Gasteiger partial charge in [0.1, 0.15) is 0 Å². The molecule has 3 rings (SSSR count). The van der Waals surface area contributed by atoms with E-state index in [-0.39, 0.29) is 0 Å². The zero-order valence-electron chi connectivity index (χ0n) is 10.8. The van der Waals surface area contributed by atoms with Crippen molar-refractivity contribution < 1.29 is 5.11 Å². The minimum Gasteiger partial charge on any atom is -0.399 e. The topological polar surface area (TPSA) is 49.5 Å². The van der Waals surface area contributed by atoms with Crippen LogP contribution in [0.25, 0.3) is 0 Å². The van der Waals surface area contributed by atoms with Crippen LogP contribution in [0.5, 0.6) is 0 Å². The summed E-state index contributed by atoms with van der Waals surface area (Å²) in [4.78, 5) is 2.42. The number of nitrogens with two attached hydrogens (primary N) is 1. The first-order chi connectivity index (χ1) is 8.72. The lowest BCUT2D eigenvalue weighted by atomic mass is 10.0. The second-order valence-corrected chi connectivity index (χ2v) is 5.86. The number of benzene rings is 1. The molecule has 0 spiro atoms. The highest BCUT2D eigenvalue weighted by atomic mass is 16.3. The Morgan fingerprint density at radius 2 is 2.00 bits per heavy atom. The highest BCUT2D eigenvalue weighted by Gasteiger charge is 2.36. The molecule has 3 unspecified atom stereocenters. The monoisotopic (exact) mass is 246 g/mol. The Morgan fingerprint density at radius 1 is 1.28 bits per heavy atom. The molecule has 0 aromatic heterocycles. The molecule has 1 saturated carbocycles. The molecule has 18 heavy (non-hydrogen) atoms. The number of hydrogen-bond acceptors (Lipinski definition) is 3. The molecule has 2 aliphatic rings. The van der Waals surface area contributed by atoms with E-state index in [4.69, 9.17) is 5.73 Å². The maximum atomic E-state index is 10.3. The van der Waals surface area contributed by atoms with Crippen LogP contribution in [0.1, 0.15) is 30.9 Å². The van der Waals surface area contributed by atoms with Crippen LogP contribution in [0.3, 0.4) is 0 Å². The van der Waals surface area contributed by atoms with Gasteiger partial charge in [-0.15, -0.1) is 0 Å². The molecule has 1 saturated heterocycles. The first-order valence-corrected chi connectivity index (χ1v) is 6.98. The Morgan fingerprint density at radius 3 is 2.67 bits per heavy atom. The molecule has 98 valence electrons. The van der Waals surface area contributed by atoms with Crippen LogP contribution in [-0.2, 0) is 0 Å². The lowest BCUT2D eigenvalue weighted by Gasteiger charge is -2.21. The Bertz CT molecular complexity index is 409. The molecule has 0 amide bonds. The molecule has 0 bridgehead atoms. The molecule has 1 heterocycles. The van der Waals surface area contributed by atoms with Crippen molar-refractivity contribution in [2.24, 2.45) is 11.8 Å². The van der Waals surface area contributed by atoms with Gasteiger partial charge in [-0.2, -0.15) is 0 Å². The van der Waals surface area contributed by atoms with Crippen LogP contribution in [0.2, 0.25) is 0 Å². The summed E-state index contributed by atoms with van der Waals surface area (Å²) in [5.41, 5.74) is 7.42. The van der Waals surface area contributed by atoms with Gasteiger partial charge in [-0.3, -0.25) is 4.90 Å². The third-order valence-corrected chi connectivity index (χ3v) is 4.53. The predicted octanol–water partition coefficient (Wildman–Crippen LogP) is 2.03. The molecule has 0 radical (unpaired) electrons. The average molecular weight is 246 g/mol. The van der Waals surface area contributed by atoms with Crippen LogP contribution < -0.4 is 5.73 Å². The van der Waals surface area contributed by atoms with Crippen molar-refractivity contribution in [1.29, 1.82) is 0 Å². The van der Waals surface area contributed by atoms with Gasteiger partial charge in [0.05, 0.1) is 6.10 Å². The Labute approximate surface area is 109 Å². The summed E-state index contributed by atoms with van der Waals surface area (Å²) >= 11 is 0. The van der Waals surface area contributed by atoms with E-state index in [2.05, 4.69) is 4.90 Å². The van der Waals surface area contributed by atoms with E-state index < -0.39 is 6.10 Å². The lowest BCUT2D eigenvalue weighted by molar-refractivity contribution is 0.122. The summed E-state index contributed by atoms with van der Waals surface area (Å²) < 4.78 is 0. The normalized spacial score (nSPS) is 29.4. The summed E-state index contributed by atoms with van der Waals surface area (Å²) in [5, 5.41) is 10.3. The quantitative estimate of drug-likeness (QED) is 0.802. The second kappa shape index (κ2) is 4.90. The minimum atomic E-state index is -0.410. The Balaban J connectivity index is 1.60. The van der Waals surface area contributed by atoms with Gasteiger partial charge in [-0.1, -0.05) is 18.6 Å². The number of nitrogens with zero attached hydrogens (tertiary/aromatic N) is 1. The highest BCUT2D eigenvalue weighted by Crippen LogP contribution is 2.38. The van der Waals surface area contributed by atoms with Gasteiger partial charge >= 0.3 is 0 Å². The summed E-state index contributed by atoms with van der Waals surface area (Å²) in [7, 11) is 0. The van der Waals surface area contributed by atoms with Gasteiger partial charge < -0.3 is 10.8 Å². The number of fused-ring (bicyclic) bond motifs is 1. The van der Waals surface area contributed by atoms with Gasteiger partial charge in [-0.05, 0) is 42.4 Å². The number of rotatable bonds is 3. The number of aliphatic hydroxyl groups is 1. The number of nitrogen functional groups attached to an aromatic ring is 1. The van der Waals surface area contributed by atoms with Gasteiger partial charge in [-0.25, -0.2) is 0 Å². The number of aliphatic hydroxyl groups excluding tert-OH is 1. The first kappa shape index (κ1) is 12.0. The molecule has 1 aliphatic heterocycles. The molecule has 1 aromatic carbocycles. The van der Waals surface area contributed by atoms with E-state index in [1.807, 2.05) is 24.3 Å². The smallest absolute Gasteiger partial charge is 0.0917 e. The summed E-state index contributed by atoms with van der Waals surface area (Å²) in [5.74, 6) is 1.77. The van der Waals surface area contributed by atoms with Crippen molar-refractivity contribution in [1.82, 2.24) is 4.90 Å². The van der Waals surface area contributed by atoms with Crippen molar-refractivity contribution >= 4 is 5.69 Å². The molecule has 1 aliphatic carbocycles. The van der Waals surface area contributed by atoms with Crippen molar-refractivity contribution in [2.45, 2.75) is 25.4 Å². The second-order valence-electron chi connectivity index (χ2n) is 5.86. The maximum absolute atomic E-state index is 10.3. The zero-order chi connectivity index (χ0) is 12.5. The van der Waals surface area contributed by atoms with Crippen LogP contribution in [0.15, 0.2) is 24.3 Å². The standard InChI is InChI=1S/C15H22N2O/c16-14-6-2-3-11(7-14)15(18)10-17-8-12-4-1-5-13(12)9-17/h2-3,6-7,12-13,15,18H,1,4-5,8-10,16H2. The van der Waals surface area contributed by atoms with E-state index in [1.165, 1.54) is 32.4 Å². The van der Waals surface area contributed by atoms with Crippen LogP contribution in [0, 0.1) is 11.8 Å². The number of anilines is 1. The zero-order valence-corrected chi connectivity index (χ0v) is 10.8. The van der Waals surface area contributed by atoms with Gasteiger partial charge in [0.2, 0.25) is 0 Å². The minimum absolute atomic E-state index is 0.410. The SMILES string of the molecule is Nc1cccc(C(O)CN2CC3CCCC3C2)c1. The largest absolute Gasteiger partial charge is 0.399 e. The molecule has 2 fully saturated rings. The Kier molecular flexibility index (Phi) is 3.27. The fourth-order valence-electron chi connectivity index (χ4n) is 3.60. The summed E-state index contributed by atoms with van der Waals surface area (Å²) in [6.45, 7) is 3.09. The highest BCUT2D eigenvalue weighted by molar-refractivity contribution is 5.41. The van der Waals surface area contributed by atoms with Crippen LogP contribution >= 0.6 is 0 Å². The molecular weight excluding hydrogens is 224 g/mol.